The number of hydrogen-bond donors (Lipinski definition) is 1. The average Bonchev–Trinajstić information content (AvgIpc) is 3.39. The van der Waals surface area contributed by atoms with Gasteiger partial charge in [-0.2, -0.15) is 0 Å². The number of fused-ring (bicyclic) bond motifs is 1. The van der Waals surface area contributed by atoms with Crippen LogP contribution in [0.3, 0.4) is 0 Å². The normalized spacial score (nSPS) is 10.8. The third-order valence-electron chi connectivity index (χ3n) is 6.06. The molecule has 0 fully saturated rings. The lowest BCUT2D eigenvalue weighted by Gasteiger charge is -2.18. The maximum Gasteiger partial charge on any atom is 0.305 e. The molecule has 0 unspecified atom stereocenters. The summed E-state index contributed by atoms with van der Waals surface area (Å²) in [6.07, 6.45) is 0. The fraction of sp³-hybridized carbons (Fsp3) is 0.179. The van der Waals surface area contributed by atoms with Gasteiger partial charge in [-0.25, -0.2) is 4.57 Å². The van der Waals surface area contributed by atoms with Crippen LogP contribution >= 0.6 is 0 Å². The van der Waals surface area contributed by atoms with Gasteiger partial charge in [-0.1, -0.05) is 35.4 Å². The second-order valence-electron chi connectivity index (χ2n) is 8.24. The summed E-state index contributed by atoms with van der Waals surface area (Å²) in [5, 5.41) is 13.9. The van der Waals surface area contributed by atoms with Crippen LogP contribution in [0.4, 0.5) is 11.6 Å². The van der Waals surface area contributed by atoms with Crippen molar-refractivity contribution in [2.75, 3.05) is 28.4 Å². The number of rotatable bonds is 8. The largest absolute Gasteiger partial charge is 0.493 e. The van der Waals surface area contributed by atoms with Gasteiger partial charge in [-0.3, -0.25) is 10.1 Å². The smallest absolute Gasteiger partial charge is 0.305 e. The molecule has 0 saturated carbocycles. The number of H-pyrrole nitrogens is 1. The number of aryl methyl sites for hydroxylation is 1. The van der Waals surface area contributed by atoms with Crippen molar-refractivity contribution in [2.24, 2.45) is 0 Å². The summed E-state index contributed by atoms with van der Waals surface area (Å²) >= 11 is 0. The molecular formula is C28H27N5O4. The van der Waals surface area contributed by atoms with Crippen molar-refractivity contribution in [3.8, 4) is 40.2 Å². The van der Waals surface area contributed by atoms with Crippen molar-refractivity contribution < 1.29 is 23.5 Å². The molecule has 5 rings (SSSR count). The van der Waals surface area contributed by atoms with E-state index in [1.165, 1.54) is 0 Å². The third kappa shape index (κ3) is 4.47. The van der Waals surface area contributed by atoms with E-state index in [1.807, 2.05) is 72.2 Å². The van der Waals surface area contributed by atoms with E-state index in [0.29, 0.717) is 34.9 Å². The number of para-hydroxylation sites is 1. The fourth-order valence-electron chi connectivity index (χ4n) is 4.35. The minimum absolute atomic E-state index is 0.402. The summed E-state index contributed by atoms with van der Waals surface area (Å²) in [5.74, 6) is 3.36. The number of nitrogens with zero attached hydrogens (tertiary/aromatic N) is 4. The summed E-state index contributed by atoms with van der Waals surface area (Å²) < 4.78 is 24.3. The van der Waals surface area contributed by atoms with Crippen molar-refractivity contribution in [3.05, 3.63) is 77.7 Å². The molecule has 2 aromatic heterocycles. The first-order valence-electron chi connectivity index (χ1n) is 11.6. The van der Waals surface area contributed by atoms with Crippen LogP contribution in [0, 0.1) is 6.92 Å². The number of aromatic amines is 1. The number of nitrogens with one attached hydrogen (secondary N) is 1. The fourth-order valence-corrected chi connectivity index (χ4v) is 4.35. The van der Waals surface area contributed by atoms with E-state index in [0.717, 1.165) is 33.4 Å². The summed E-state index contributed by atoms with van der Waals surface area (Å²) in [6, 6.07) is 21.4. The first-order valence-corrected chi connectivity index (χ1v) is 11.6. The number of aromatic nitrogens is 4. The lowest BCUT2D eigenvalue weighted by Crippen LogP contribution is -2.38. The Hall–Kier alpha value is -4.79. The molecule has 0 amide bonds. The molecule has 1 N–H and O–H groups in total. The molecule has 37 heavy (non-hydrogen) atoms. The Balaban J connectivity index is 1.76. The maximum absolute atomic E-state index is 5.63. The van der Waals surface area contributed by atoms with Crippen molar-refractivity contribution in [3.63, 3.8) is 0 Å². The summed E-state index contributed by atoms with van der Waals surface area (Å²) in [6.45, 7) is 2.00. The lowest BCUT2D eigenvalue weighted by molar-refractivity contribution is -0.597. The number of benzene rings is 3. The molecule has 3 aromatic carbocycles. The quantitative estimate of drug-likeness (QED) is 0.281. The highest BCUT2D eigenvalue weighted by molar-refractivity contribution is 5.96. The number of ether oxygens (including phenoxy) is 4. The van der Waals surface area contributed by atoms with Gasteiger partial charge in [0.25, 0.3) is 0 Å². The number of pyridine rings is 1. The van der Waals surface area contributed by atoms with Crippen molar-refractivity contribution in [2.45, 2.75) is 6.92 Å². The minimum Gasteiger partial charge on any atom is -0.493 e. The minimum atomic E-state index is 0.402. The SMILES string of the molecule is COc1ccc(-c2c3cc(OC)c(OC)cc3cc(C)[n+]2-c2n[nH]c([N-]c3ccccc3)n2)cc1OC. The zero-order valence-electron chi connectivity index (χ0n) is 21.3. The first-order chi connectivity index (χ1) is 18.1. The van der Waals surface area contributed by atoms with Crippen molar-refractivity contribution in [1.29, 1.82) is 0 Å². The van der Waals surface area contributed by atoms with E-state index in [1.54, 1.807) is 28.4 Å². The maximum atomic E-state index is 5.63. The van der Waals surface area contributed by atoms with Gasteiger partial charge in [0.15, 0.2) is 23.0 Å². The van der Waals surface area contributed by atoms with E-state index < -0.39 is 0 Å². The Bertz CT molecular complexity index is 1570. The zero-order chi connectivity index (χ0) is 25.9. The van der Waals surface area contributed by atoms with Gasteiger partial charge >= 0.3 is 5.95 Å². The van der Waals surface area contributed by atoms with Crippen LogP contribution in [0.15, 0.2) is 66.7 Å². The standard InChI is InChI=1S/C28H27N5O4/c1-17-13-19-15-24(36-4)25(37-5)16-21(19)26(18-11-12-22(34-2)23(14-18)35-3)33(17)28-30-27(31-32-28)29-20-9-7-6-8-10-20/h6-16H,1-5H3,(H-,29,30,31,32). The average molecular weight is 498 g/mol. The second kappa shape index (κ2) is 10.1. The highest BCUT2D eigenvalue weighted by Gasteiger charge is 2.22. The second-order valence-corrected chi connectivity index (χ2v) is 8.24. The molecule has 0 aliphatic carbocycles. The molecule has 0 aliphatic rings. The molecule has 0 bridgehead atoms. The molecule has 0 spiro atoms. The van der Waals surface area contributed by atoms with E-state index >= 15 is 0 Å². The predicted molar refractivity (Wildman–Crippen MR) is 141 cm³/mol. The van der Waals surface area contributed by atoms with Gasteiger partial charge in [0.1, 0.15) is 5.69 Å². The van der Waals surface area contributed by atoms with Crippen LogP contribution in [-0.2, 0) is 0 Å². The van der Waals surface area contributed by atoms with Crippen molar-refractivity contribution >= 4 is 22.4 Å². The Morgan fingerprint density at radius 3 is 2.14 bits per heavy atom. The summed E-state index contributed by atoms with van der Waals surface area (Å²) in [7, 11) is 6.47. The highest BCUT2D eigenvalue weighted by atomic mass is 16.5. The zero-order valence-corrected chi connectivity index (χ0v) is 21.3. The van der Waals surface area contributed by atoms with E-state index in [9.17, 15) is 0 Å². The van der Waals surface area contributed by atoms with Gasteiger partial charge in [0.2, 0.25) is 0 Å². The van der Waals surface area contributed by atoms with Crippen LogP contribution in [0.25, 0.3) is 33.3 Å². The molecule has 0 saturated heterocycles. The molecular weight excluding hydrogens is 470 g/mol. The van der Waals surface area contributed by atoms with Crippen LogP contribution in [0.5, 0.6) is 23.0 Å². The van der Waals surface area contributed by atoms with Gasteiger partial charge in [0.05, 0.1) is 40.1 Å². The highest BCUT2D eigenvalue weighted by Crippen LogP contribution is 2.39. The molecule has 0 radical (unpaired) electrons. The van der Waals surface area contributed by atoms with Crippen LogP contribution in [0.2, 0.25) is 0 Å². The van der Waals surface area contributed by atoms with Crippen molar-refractivity contribution in [1.82, 2.24) is 15.2 Å². The molecule has 2 heterocycles. The van der Waals surface area contributed by atoms with Crippen LogP contribution < -0.4 is 23.5 Å². The van der Waals surface area contributed by atoms with Gasteiger partial charge in [0, 0.05) is 10.9 Å². The molecule has 0 atom stereocenters. The Morgan fingerprint density at radius 1 is 0.757 bits per heavy atom. The van der Waals surface area contributed by atoms with Crippen LogP contribution in [-0.4, -0.2) is 43.6 Å². The number of methoxy groups -OCH3 is 4. The summed E-state index contributed by atoms with van der Waals surface area (Å²) in [5.41, 5.74) is 3.42. The Kier molecular flexibility index (Phi) is 6.51. The third-order valence-corrected chi connectivity index (χ3v) is 6.06. The number of hydrogen-bond acceptors (Lipinski definition) is 6. The molecule has 9 nitrogen and oxygen atoms in total. The van der Waals surface area contributed by atoms with Gasteiger partial charge in [-0.15, -0.1) is 0 Å². The van der Waals surface area contributed by atoms with E-state index in [4.69, 9.17) is 23.9 Å². The van der Waals surface area contributed by atoms with Crippen LogP contribution in [0.1, 0.15) is 5.69 Å². The molecule has 188 valence electrons. The molecule has 0 aliphatic heterocycles. The Morgan fingerprint density at radius 2 is 1.43 bits per heavy atom. The van der Waals surface area contributed by atoms with Gasteiger partial charge < -0.3 is 24.3 Å². The molecule has 9 heteroatoms. The monoisotopic (exact) mass is 497 g/mol. The lowest BCUT2D eigenvalue weighted by atomic mass is 10.0. The summed E-state index contributed by atoms with van der Waals surface area (Å²) in [4.78, 5) is 4.70. The van der Waals surface area contributed by atoms with Gasteiger partial charge in [-0.05, 0) is 54.4 Å². The molecule has 5 aromatic rings. The Labute approximate surface area is 214 Å². The topological polar surface area (TPSA) is 96.5 Å². The first kappa shape index (κ1) is 23.9. The van der Waals surface area contributed by atoms with E-state index in [2.05, 4.69) is 21.6 Å². The predicted octanol–water partition coefficient (Wildman–Crippen LogP) is 5.58. The van der Waals surface area contributed by atoms with E-state index in [-0.39, 0.29) is 0 Å².